The monoisotopic (exact) mass is 287 g/mol. The minimum Gasteiger partial charge on any atom is -0.480 e. The summed E-state index contributed by atoms with van der Waals surface area (Å²) in [6.07, 6.45) is 0. The molecule has 0 saturated carbocycles. The van der Waals surface area contributed by atoms with Crippen LogP contribution in [0.5, 0.6) is 0 Å². The molecule has 0 spiro atoms. The highest BCUT2D eigenvalue weighted by Crippen LogP contribution is 2.25. The van der Waals surface area contributed by atoms with E-state index in [-0.39, 0.29) is 17.6 Å². The first-order chi connectivity index (χ1) is 8.81. The van der Waals surface area contributed by atoms with Crippen LogP contribution in [0, 0.1) is 11.7 Å². The molecule has 1 N–H and O–H groups in total. The van der Waals surface area contributed by atoms with Gasteiger partial charge in [-0.25, -0.2) is 4.39 Å². The molecule has 0 saturated heterocycles. The van der Waals surface area contributed by atoms with Gasteiger partial charge < -0.3 is 5.11 Å². The number of hydrogen-bond acceptors (Lipinski definition) is 2. The van der Waals surface area contributed by atoms with Crippen molar-refractivity contribution in [3.8, 4) is 0 Å². The lowest BCUT2D eigenvalue weighted by molar-refractivity contribution is -0.139. The van der Waals surface area contributed by atoms with Crippen molar-refractivity contribution in [1.82, 2.24) is 4.90 Å². The molecule has 0 fully saturated rings. The van der Waals surface area contributed by atoms with Gasteiger partial charge in [-0.05, 0) is 30.5 Å². The second-order valence-electron chi connectivity index (χ2n) is 5.07. The number of aliphatic carboxylic acids is 1. The number of halogens is 2. The molecule has 3 nitrogen and oxygen atoms in total. The van der Waals surface area contributed by atoms with Crippen molar-refractivity contribution in [2.45, 2.75) is 26.8 Å². The molecule has 19 heavy (non-hydrogen) atoms. The van der Waals surface area contributed by atoms with Crippen molar-refractivity contribution in [3.63, 3.8) is 0 Å². The Kier molecular flexibility index (Phi) is 5.76. The predicted octanol–water partition coefficient (Wildman–Crippen LogP) is 3.58. The van der Waals surface area contributed by atoms with E-state index in [0.29, 0.717) is 12.5 Å². The zero-order chi connectivity index (χ0) is 14.6. The van der Waals surface area contributed by atoms with Crippen molar-refractivity contribution in [3.05, 3.63) is 34.6 Å². The van der Waals surface area contributed by atoms with Gasteiger partial charge in [0.2, 0.25) is 0 Å². The van der Waals surface area contributed by atoms with Crippen LogP contribution in [0.2, 0.25) is 5.02 Å². The highest BCUT2D eigenvalue weighted by Gasteiger charge is 2.20. The van der Waals surface area contributed by atoms with Crippen LogP contribution in [0.15, 0.2) is 18.2 Å². The van der Waals surface area contributed by atoms with E-state index in [2.05, 4.69) is 0 Å². The van der Waals surface area contributed by atoms with Crippen LogP contribution >= 0.6 is 11.6 Å². The summed E-state index contributed by atoms with van der Waals surface area (Å²) in [6.45, 7) is 6.56. The first-order valence-corrected chi connectivity index (χ1v) is 6.59. The van der Waals surface area contributed by atoms with Gasteiger partial charge >= 0.3 is 5.97 Å². The molecule has 0 aliphatic carbocycles. The van der Waals surface area contributed by atoms with Crippen LogP contribution in [-0.2, 0) is 4.79 Å². The Morgan fingerprint density at radius 2 is 2.05 bits per heavy atom. The summed E-state index contributed by atoms with van der Waals surface area (Å²) in [5.41, 5.74) is 0.813. The summed E-state index contributed by atoms with van der Waals surface area (Å²) in [6, 6.07) is 4.37. The van der Waals surface area contributed by atoms with Gasteiger partial charge in [0, 0.05) is 12.6 Å². The molecule has 0 amide bonds. The van der Waals surface area contributed by atoms with E-state index in [1.807, 2.05) is 25.7 Å². The summed E-state index contributed by atoms with van der Waals surface area (Å²) >= 11 is 5.76. The van der Waals surface area contributed by atoms with Gasteiger partial charge in [0.1, 0.15) is 5.82 Å². The first-order valence-electron chi connectivity index (χ1n) is 6.22. The molecule has 1 unspecified atom stereocenters. The quantitative estimate of drug-likeness (QED) is 0.869. The van der Waals surface area contributed by atoms with E-state index in [9.17, 15) is 9.18 Å². The first kappa shape index (κ1) is 15.9. The molecule has 0 aromatic heterocycles. The summed E-state index contributed by atoms with van der Waals surface area (Å²) in [7, 11) is 0. The lowest BCUT2D eigenvalue weighted by Gasteiger charge is -2.29. The maximum atomic E-state index is 13.1. The lowest BCUT2D eigenvalue weighted by atomic mass is 10.1. The van der Waals surface area contributed by atoms with E-state index < -0.39 is 11.8 Å². The molecule has 1 rings (SSSR count). The molecule has 0 radical (unpaired) electrons. The van der Waals surface area contributed by atoms with Crippen LogP contribution in [0.3, 0.4) is 0 Å². The summed E-state index contributed by atoms with van der Waals surface area (Å²) in [5, 5.41) is 9.02. The normalized spacial score (nSPS) is 13.0. The third-order valence-electron chi connectivity index (χ3n) is 2.91. The molecule has 0 aliphatic rings. The largest absolute Gasteiger partial charge is 0.480 e. The van der Waals surface area contributed by atoms with Gasteiger partial charge in [-0.15, -0.1) is 0 Å². The van der Waals surface area contributed by atoms with E-state index in [4.69, 9.17) is 16.7 Å². The molecule has 1 aromatic carbocycles. The van der Waals surface area contributed by atoms with E-state index in [1.54, 1.807) is 12.1 Å². The number of carbonyl (C=O) groups is 1. The molecular formula is C14H19ClFNO2. The van der Waals surface area contributed by atoms with Crippen LogP contribution in [-0.4, -0.2) is 29.1 Å². The minimum absolute atomic E-state index is 0.0473. The third kappa shape index (κ3) is 4.80. The van der Waals surface area contributed by atoms with Gasteiger partial charge in [0.15, 0.2) is 0 Å². The highest BCUT2D eigenvalue weighted by molar-refractivity contribution is 6.30. The van der Waals surface area contributed by atoms with Crippen LogP contribution in [0.1, 0.15) is 32.4 Å². The fourth-order valence-corrected chi connectivity index (χ4v) is 2.17. The number of rotatable bonds is 6. The molecule has 1 atom stereocenters. The van der Waals surface area contributed by atoms with Gasteiger partial charge in [-0.2, -0.15) is 0 Å². The smallest absolute Gasteiger partial charge is 0.317 e. The zero-order valence-electron chi connectivity index (χ0n) is 11.4. The van der Waals surface area contributed by atoms with Gasteiger partial charge in [0.05, 0.1) is 11.6 Å². The van der Waals surface area contributed by atoms with Crippen molar-refractivity contribution in [2.75, 3.05) is 13.1 Å². The van der Waals surface area contributed by atoms with E-state index in [1.165, 1.54) is 6.07 Å². The molecule has 1 aromatic rings. The Bertz CT molecular complexity index is 451. The number of benzene rings is 1. The Morgan fingerprint density at radius 3 is 2.53 bits per heavy atom. The number of nitrogens with zero attached hydrogens (tertiary/aromatic N) is 1. The van der Waals surface area contributed by atoms with E-state index in [0.717, 1.165) is 5.56 Å². The molecule has 5 heteroatoms. The Hall–Kier alpha value is -1.13. The SMILES string of the molecule is CC(C)CN(CC(=O)O)C(C)c1ccc(F)c(Cl)c1. The minimum atomic E-state index is -0.874. The number of hydrogen-bond donors (Lipinski definition) is 1. The zero-order valence-corrected chi connectivity index (χ0v) is 12.1. The van der Waals surface area contributed by atoms with Crippen molar-refractivity contribution in [1.29, 1.82) is 0 Å². The highest BCUT2D eigenvalue weighted by atomic mass is 35.5. The standard InChI is InChI=1S/C14H19ClFNO2/c1-9(2)7-17(8-14(18)19)10(3)11-4-5-13(16)12(15)6-11/h4-6,9-10H,7-8H2,1-3H3,(H,18,19). The Labute approximate surface area is 118 Å². The second kappa shape index (κ2) is 6.87. The molecule has 0 aliphatic heterocycles. The topological polar surface area (TPSA) is 40.5 Å². The number of carboxylic acid groups (broad SMARTS) is 1. The van der Waals surface area contributed by atoms with Gasteiger partial charge in [0.25, 0.3) is 0 Å². The summed E-state index contributed by atoms with van der Waals surface area (Å²) in [4.78, 5) is 12.8. The van der Waals surface area contributed by atoms with Crippen molar-refractivity contribution >= 4 is 17.6 Å². The van der Waals surface area contributed by atoms with Crippen LogP contribution in [0.4, 0.5) is 4.39 Å². The molecule has 0 bridgehead atoms. The molecule has 0 heterocycles. The fourth-order valence-electron chi connectivity index (χ4n) is 1.99. The predicted molar refractivity (Wildman–Crippen MR) is 73.9 cm³/mol. The maximum Gasteiger partial charge on any atom is 0.317 e. The van der Waals surface area contributed by atoms with Crippen molar-refractivity contribution < 1.29 is 14.3 Å². The lowest BCUT2D eigenvalue weighted by Crippen LogP contribution is -2.35. The van der Waals surface area contributed by atoms with Crippen molar-refractivity contribution in [2.24, 2.45) is 5.92 Å². The summed E-state index contributed by atoms with van der Waals surface area (Å²) in [5.74, 6) is -0.996. The summed E-state index contributed by atoms with van der Waals surface area (Å²) < 4.78 is 13.1. The average Bonchev–Trinajstić information content (AvgIpc) is 2.29. The van der Waals surface area contributed by atoms with Crippen LogP contribution in [0.25, 0.3) is 0 Å². The van der Waals surface area contributed by atoms with Gasteiger partial charge in [-0.3, -0.25) is 9.69 Å². The second-order valence-corrected chi connectivity index (χ2v) is 5.47. The molecular weight excluding hydrogens is 269 g/mol. The number of carboxylic acids is 1. The van der Waals surface area contributed by atoms with E-state index >= 15 is 0 Å². The Morgan fingerprint density at radius 1 is 1.42 bits per heavy atom. The van der Waals surface area contributed by atoms with Crippen LogP contribution < -0.4 is 0 Å². The molecule has 106 valence electrons. The maximum absolute atomic E-state index is 13.1. The average molecular weight is 288 g/mol. The Balaban J connectivity index is 2.93. The van der Waals surface area contributed by atoms with Gasteiger partial charge in [-0.1, -0.05) is 31.5 Å². The fraction of sp³-hybridized carbons (Fsp3) is 0.500. The third-order valence-corrected chi connectivity index (χ3v) is 3.20.